The lowest BCUT2D eigenvalue weighted by Crippen LogP contribution is -2.43. The number of halogens is 1. The van der Waals surface area contributed by atoms with Crippen molar-refractivity contribution in [3.05, 3.63) is 30.1 Å². The first-order chi connectivity index (χ1) is 12.9. The van der Waals surface area contributed by atoms with Crippen LogP contribution in [0.3, 0.4) is 0 Å². The van der Waals surface area contributed by atoms with E-state index in [4.69, 9.17) is 9.47 Å². The highest BCUT2D eigenvalue weighted by atomic mass is 19.1. The molecule has 2 N–H and O–H groups in total. The number of likely N-dealkylation sites (N-methyl/N-ethyl adjacent to an activating group) is 1. The molecule has 0 saturated carbocycles. The van der Waals surface area contributed by atoms with Crippen molar-refractivity contribution in [2.24, 2.45) is 4.99 Å². The van der Waals surface area contributed by atoms with Gasteiger partial charge in [0.15, 0.2) is 17.5 Å². The SMILES string of the molecule is CCOCCCNC(=NCC(=O)N(C)C)NCC(C)Oc1ccccc1F. The Balaban J connectivity index is 2.54. The second-order valence-electron chi connectivity index (χ2n) is 6.17. The van der Waals surface area contributed by atoms with Crippen molar-refractivity contribution in [3.8, 4) is 5.75 Å². The predicted octanol–water partition coefficient (Wildman–Crippen LogP) is 1.64. The Labute approximate surface area is 160 Å². The number of nitrogens with zero attached hydrogens (tertiary/aromatic N) is 2. The van der Waals surface area contributed by atoms with Crippen LogP contribution in [-0.2, 0) is 9.53 Å². The molecule has 7 nitrogen and oxygen atoms in total. The van der Waals surface area contributed by atoms with Gasteiger partial charge in [-0.3, -0.25) is 4.79 Å². The summed E-state index contributed by atoms with van der Waals surface area (Å²) in [6.45, 7) is 6.22. The smallest absolute Gasteiger partial charge is 0.243 e. The molecule has 1 aromatic rings. The Morgan fingerprint density at radius 2 is 2.04 bits per heavy atom. The van der Waals surface area contributed by atoms with Crippen LogP contribution in [-0.4, -0.2) is 69.8 Å². The number of amides is 1. The maximum atomic E-state index is 13.7. The highest BCUT2D eigenvalue weighted by Crippen LogP contribution is 2.16. The summed E-state index contributed by atoms with van der Waals surface area (Å²) in [5.74, 6) is 0.216. The van der Waals surface area contributed by atoms with Crippen LogP contribution >= 0.6 is 0 Å². The van der Waals surface area contributed by atoms with Gasteiger partial charge in [0.2, 0.25) is 5.91 Å². The minimum Gasteiger partial charge on any atom is -0.486 e. The Kier molecular flexibility index (Phi) is 10.9. The van der Waals surface area contributed by atoms with Gasteiger partial charge in [0.25, 0.3) is 0 Å². The Bertz CT molecular complexity index is 596. The van der Waals surface area contributed by atoms with Gasteiger partial charge in [-0.1, -0.05) is 12.1 Å². The van der Waals surface area contributed by atoms with Gasteiger partial charge in [-0.25, -0.2) is 9.38 Å². The second kappa shape index (κ2) is 12.9. The number of benzene rings is 1. The van der Waals surface area contributed by atoms with Crippen LogP contribution in [0, 0.1) is 5.82 Å². The first kappa shape index (κ1) is 22.7. The predicted molar refractivity (Wildman–Crippen MR) is 105 cm³/mol. The van der Waals surface area contributed by atoms with E-state index in [0.717, 1.165) is 6.42 Å². The Hall–Kier alpha value is -2.35. The molecule has 1 amide bonds. The van der Waals surface area contributed by atoms with Gasteiger partial charge >= 0.3 is 0 Å². The molecule has 27 heavy (non-hydrogen) atoms. The van der Waals surface area contributed by atoms with E-state index in [-0.39, 0.29) is 24.3 Å². The van der Waals surface area contributed by atoms with Crippen LogP contribution in [0.25, 0.3) is 0 Å². The molecular formula is C19H31FN4O3. The van der Waals surface area contributed by atoms with E-state index in [1.807, 2.05) is 13.8 Å². The van der Waals surface area contributed by atoms with E-state index in [0.29, 0.717) is 32.3 Å². The topological polar surface area (TPSA) is 75.2 Å². The van der Waals surface area contributed by atoms with Crippen molar-refractivity contribution in [2.45, 2.75) is 26.4 Å². The maximum absolute atomic E-state index is 13.7. The molecule has 8 heteroatoms. The van der Waals surface area contributed by atoms with Crippen molar-refractivity contribution in [1.82, 2.24) is 15.5 Å². The summed E-state index contributed by atoms with van der Waals surface area (Å²) in [6.07, 6.45) is 0.527. The summed E-state index contributed by atoms with van der Waals surface area (Å²) in [5.41, 5.74) is 0. The lowest BCUT2D eigenvalue weighted by molar-refractivity contribution is -0.127. The van der Waals surface area contributed by atoms with E-state index >= 15 is 0 Å². The van der Waals surface area contributed by atoms with Crippen molar-refractivity contribution in [1.29, 1.82) is 0 Å². The zero-order valence-corrected chi connectivity index (χ0v) is 16.6. The average molecular weight is 382 g/mol. The van der Waals surface area contributed by atoms with Gasteiger partial charge in [-0.2, -0.15) is 0 Å². The molecule has 0 aliphatic rings. The summed E-state index contributed by atoms with van der Waals surface area (Å²) in [4.78, 5) is 17.5. The molecule has 1 aromatic carbocycles. The number of rotatable bonds is 11. The van der Waals surface area contributed by atoms with Crippen molar-refractivity contribution in [2.75, 3.05) is 46.9 Å². The Morgan fingerprint density at radius 1 is 1.30 bits per heavy atom. The van der Waals surface area contributed by atoms with Gasteiger partial charge < -0.3 is 25.0 Å². The highest BCUT2D eigenvalue weighted by Gasteiger charge is 2.10. The summed E-state index contributed by atoms with van der Waals surface area (Å²) in [7, 11) is 3.37. The standard InChI is InChI=1S/C19H31FN4O3/c1-5-26-12-8-11-21-19(23-14-18(25)24(3)4)22-13-15(2)27-17-10-7-6-9-16(17)20/h6-7,9-10,15H,5,8,11-14H2,1-4H3,(H2,21,22,23). The zero-order valence-electron chi connectivity index (χ0n) is 16.6. The van der Waals surface area contributed by atoms with E-state index in [2.05, 4.69) is 15.6 Å². The summed E-state index contributed by atoms with van der Waals surface area (Å²) >= 11 is 0. The number of para-hydroxylation sites is 1. The molecule has 0 fully saturated rings. The molecule has 0 saturated heterocycles. The third kappa shape index (κ3) is 9.79. The van der Waals surface area contributed by atoms with E-state index < -0.39 is 5.82 Å². The third-order valence-electron chi connectivity index (χ3n) is 3.56. The number of nitrogens with one attached hydrogen (secondary N) is 2. The van der Waals surface area contributed by atoms with Crippen LogP contribution in [0.4, 0.5) is 4.39 Å². The van der Waals surface area contributed by atoms with Crippen LogP contribution in [0.2, 0.25) is 0 Å². The number of carbonyl (C=O) groups is 1. The molecule has 0 radical (unpaired) electrons. The molecular weight excluding hydrogens is 351 g/mol. The molecule has 1 unspecified atom stereocenters. The molecule has 0 spiro atoms. The van der Waals surface area contributed by atoms with Gasteiger partial charge in [0.1, 0.15) is 12.6 Å². The van der Waals surface area contributed by atoms with E-state index in [9.17, 15) is 9.18 Å². The molecule has 0 aliphatic carbocycles. The van der Waals surface area contributed by atoms with Crippen molar-refractivity contribution < 1.29 is 18.7 Å². The molecule has 1 atom stereocenters. The minimum atomic E-state index is -0.399. The first-order valence-corrected chi connectivity index (χ1v) is 9.15. The molecule has 1 rings (SSSR count). The summed E-state index contributed by atoms with van der Waals surface area (Å²) in [6, 6.07) is 6.28. The average Bonchev–Trinajstić information content (AvgIpc) is 2.64. The van der Waals surface area contributed by atoms with Gasteiger partial charge in [0.05, 0.1) is 6.54 Å². The number of aliphatic imine (C=N–C) groups is 1. The molecule has 0 heterocycles. The van der Waals surface area contributed by atoms with Crippen molar-refractivity contribution >= 4 is 11.9 Å². The summed E-state index contributed by atoms with van der Waals surface area (Å²) in [5, 5.41) is 6.29. The fraction of sp³-hybridized carbons (Fsp3) is 0.579. The number of ether oxygens (including phenoxy) is 2. The largest absolute Gasteiger partial charge is 0.486 e. The van der Waals surface area contributed by atoms with Crippen LogP contribution < -0.4 is 15.4 Å². The van der Waals surface area contributed by atoms with Crippen LogP contribution in [0.5, 0.6) is 5.75 Å². The minimum absolute atomic E-state index is 0.0380. The number of hydrogen-bond acceptors (Lipinski definition) is 4. The quantitative estimate of drug-likeness (QED) is 0.346. The fourth-order valence-electron chi connectivity index (χ4n) is 2.03. The van der Waals surface area contributed by atoms with E-state index in [1.165, 1.54) is 11.0 Å². The molecule has 0 aliphatic heterocycles. The summed E-state index contributed by atoms with van der Waals surface area (Å²) < 4.78 is 24.6. The van der Waals surface area contributed by atoms with E-state index in [1.54, 1.807) is 32.3 Å². The van der Waals surface area contributed by atoms with Crippen LogP contribution in [0.15, 0.2) is 29.3 Å². The van der Waals surface area contributed by atoms with Gasteiger partial charge in [-0.15, -0.1) is 0 Å². The second-order valence-corrected chi connectivity index (χ2v) is 6.17. The van der Waals surface area contributed by atoms with Gasteiger partial charge in [0, 0.05) is 33.9 Å². The lowest BCUT2D eigenvalue weighted by Gasteiger charge is -2.18. The normalized spacial score (nSPS) is 12.4. The lowest BCUT2D eigenvalue weighted by atomic mass is 10.3. The van der Waals surface area contributed by atoms with Crippen LogP contribution in [0.1, 0.15) is 20.3 Å². The fourth-order valence-corrected chi connectivity index (χ4v) is 2.03. The molecule has 0 bridgehead atoms. The zero-order chi connectivity index (χ0) is 20.1. The third-order valence-corrected chi connectivity index (χ3v) is 3.56. The molecule has 0 aromatic heterocycles. The number of carbonyl (C=O) groups excluding carboxylic acids is 1. The molecule has 152 valence electrons. The number of guanidine groups is 1. The van der Waals surface area contributed by atoms with Crippen molar-refractivity contribution in [3.63, 3.8) is 0 Å². The Morgan fingerprint density at radius 3 is 2.70 bits per heavy atom. The number of hydrogen-bond donors (Lipinski definition) is 2. The monoisotopic (exact) mass is 382 g/mol. The first-order valence-electron chi connectivity index (χ1n) is 9.15. The highest BCUT2D eigenvalue weighted by molar-refractivity contribution is 5.84. The maximum Gasteiger partial charge on any atom is 0.243 e. The van der Waals surface area contributed by atoms with Gasteiger partial charge in [-0.05, 0) is 32.4 Å².